The number of hydrogen-bond donors (Lipinski definition) is 3. The van der Waals surface area contributed by atoms with Crippen LogP contribution in [0.4, 0.5) is 4.79 Å². The third kappa shape index (κ3) is 9.80. The Morgan fingerprint density at radius 3 is 2.59 bits per heavy atom. The summed E-state index contributed by atoms with van der Waals surface area (Å²) < 4.78 is 11.1. The smallest absolute Gasteiger partial charge is 0.315 e. The maximum absolute atomic E-state index is 11.3. The van der Waals surface area contributed by atoms with Gasteiger partial charge in [0.1, 0.15) is 0 Å². The van der Waals surface area contributed by atoms with E-state index in [0.717, 1.165) is 0 Å². The van der Waals surface area contributed by atoms with Crippen LogP contribution < -0.4 is 10.6 Å². The average molecular weight is 264 g/mol. The van der Waals surface area contributed by atoms with Gasteiger partial charge >= 0.3 is 12.0 Å². The lowest BCUT2D eigenvalue weighted by Gasteiger charge is -2.13. The van der Waals surface area contributed by atoms with E-state index in [-0.39, 0.29) is 18.5 Å². The van der Waals surface area contributed by atoms with Crippen molar-refractivity contribution in [2.45, 2.75) is 32.7 Å². The lowest BCUT2D eigenvalue weighted by molar-refractivity contribution is -0.137. The van der Waals surface area contributed by atoms with Crippen molar-refractivity contribution in [3.05, 3.63) is 0 Å². The average Bonchev–Trinajstić information content (AvgIpc) is 2.26. The Labute approximate surface area is 104 Å². The molecule has 0 bridgehead atoms. The number of amides is 2. The molecule has 0 aromatic carbocycles. The van der Waals surface area contributed by atoms with Gasteiger partial charge in [0.25, 0.3) is 0 Å². The highest BCUT2D eigenvalue weighted by Gasteiger charge is 2.08. The molecule has 100 valence electrons. The molecule has 0 aliphatic rings. The van der Waals surface area contributed by atoms with Crippen molar-refractivity contribution in [3.8, 4) is 0 Å². The molecular weight excluding hydrogens is 244 g/mol. The first-order valence-corrected chi connectivity index (χ1v) is 7.05. The molecule has 0 aromatic rings. The van der Waals surface area contributed by atoms with Crippen LogP contribution in [-0.2, 0) is 15.6 Å². The molecule has 0 saturated heterocycles. The molecule has 0 aliphatic carbocycles. The van der Waals surface area contributed by atoms with Crippen LogP contribution in [0, 0.1) is 0 Å². The summed E-state index contributed by atoms with van der Waals surface area (Å²) in [4.78, 5) is 21.6. The van der Waals surface area contributed by atoms with Gasteiger partial charge < -0.3 is 15.7 Å². The van der Waals surface area contributed by atoms with Gasteiger partial charge in [-0.1, -0.05) is 6.92 Å². The molecule has 2 unspecified atom stereocenters. The van der Waals surface area contributed by atoms with Crippen LogP contribution in [-0.4, -0.2) is 45.4 Å². The standard InChI is InChI=1S/C10H20N2O4S/c1-3-17(16)7-6-11-10(15)12-8(2)4-5-9(13)14/h8H,3-7H2,1-2H3,(H,13,14)(H2,11,12,15). The lowest BCUT2D eigenvalue weighted by atomic mass is 10.2. The van der Waals surface area contributed by atoms with Gasteiger partial charge in [0.2, 0.25) is 0 Å². The normalized spacial score (nSPS) is 13.8. The van der Waals surface area contributed by atoms with E-state index in [2.05, 4.69) is 10.6 Å². The lowest BCUT2D eigenvalue weighted by Crippen LogP contribution is -2.42. The van der Waals surface area contributed by atoms with Gasteiger partial charge in [-0.25, -0.2) is 4.79 Å². The number of urea groups is 1. The Morgan fingerprint density at radius 2 is 2.06 bits per heavy atom. The number of carbonyl (C=O) groups excluding carboxylic acids is 1. The molecule has 7 heteroatoms. The molecule has 0 aliphatic heterocycles. The number of carboxylic acids is 1. The maximum Gasteiger partial charge on any atom is 0.315 e. The van der Waals surface area contributed by atoms with E-state index in [4.69, 9.17) is 5.11 Å². The highest BCUT2D eigenvalue weighted by atomic mass is 32.2. The van der Waals surface area contributed by atoms with Crippen molar-refractivity contribution >= 4 is 22.8 Å². The Morgan fingerprint density at radius 1 is 1.41 bits per heavy atom. The van der Waals surface area contributed by atoms with E-state index in [1.807, 2.05) is 6.92 Å². The summed E-state index contributed by atoms with van der Waals surface area (Å²) in [5.74, 6) is 0.142. The third-order valence-electron chi connectivity index (χ3n) is 2.11. The van der Waals surface area contributed by atoms with Crippen molar-refractivity contribution in [3.63, 3.8) is 0 Å². The van der Waals surface area contributed by atoms with E-state index in [1.54, 1.807) is 6.92 Å². The summed E-state index contributed by atoms with van der Waals surface area (Å²) in [5.41, 5.74) is 0. The summed E-state index contributed by atoms with van der Waals surface area (Å²) in [5, 5.41) is 13.7. The minimum absolute atomic E-state index is 0.0291. The maximum atomic E-state index is 11.3. The predicted octanol–water partition coefficient (Wildman–Crippen LogP) is 0.308. The number of hydrogen-bond acceptors (Lipinski definition) is 3. The summed E-state index contributed by atoms with van der Waals surface area (Å²) in [6.07, 6.45) is 0.422. The zero-order chi connectivity index (χ0) is 13.3. The Hall–Kier alpha value is -1.11. The van der Waals surface area contributed by atoms with Gasteiger partial charge in [0.15, 0.2) is 0 Å². The molecule has 0 spiro atoms. The molecule has 0 rings (SSSR count). The molecule has 0 fully saturated rings. The van der Waals surface area contributed by atoms with Crippen molar-refractivity contribution in [1.82, 2.24) is 10.6 Å². The van der Waals surface area contributed by atoms with Crippen molar-refractivity contribution in [2.24, 2.45) is 0 Å². The van der Waals surface area contributed by atoms with Crippen LogP contribution in [0.25, 0.3) is 0 Å². The van der Waals surface area contributed by atoms with Crippen molar-refractivity contribution in [2.75, 3.05) is 18.1 Å². The van der Waals surface area contributed by atoms with Gasteiger partial charge in [0, 0.05) is 41.3 Å². The van der Waals surface area contributed by atoms with Gasteiger partial charge in [-0.2, -0.15) is 0 Å². The zero-order valence-electron chi connectivity index (χ0n) is 10.2. The summed E-state index contributed by atoms with van der Waals surface area (Å²) in [6, 6.07) is -0.543. The number of nitrogens with one attached hydrogen (secondary N) is 2. The van der Waals surface area contributed by atoms with Crippen LogP contribution in [0.15, 0.2) is 0 Å². The SMILES string of the molecule is CCS(=O)CCNC(=O)NC(C)CCC(=O)O. The summed E-state index contributed by atoms with van der Waals surface area (Å²) >= 11 is 0. The van der Waals surface area contributed by atoms with Gasteiger partial charge in [-0.15, -0.1) is 0 Å². The molecule has 2 amide bonds. The minimum Gasteiger partial charge on any atom is -0.481 e. The fraction of sp³-hybridized carbons (Fsp3) is 0.800. The van der Waals surface area contributed by atoms with Gasteiger partial charge in [-0.05, 0) is 13.3 Å². The second kappa shape index (κ2) is 8.98. The van der Waals surface area contributed by atoms with Crippen LogP contribution in [0.2, 0.25) is 0 Å². The highest BCUT2D eigenvalue weighted by molar-refractivity contribution is 7.84. The van der Waals surface area contributed by atoms with Crippen molar-refractivity contribution in [1.29, 1.82) is 0 Å². The first-order chi connectivity index (χ1) is 7.95. The topological polar surface area (TPSA) is 95.5 Å². The molecule has 17 heavy (non-hydrogen) atoms. The van der Waals surface area contributed by atoms with E-state index in [0.29, 0.717) is 24.5 Å². The quantitative estimate of drug-likeness (QED) is 0.588. The second-order valence-corrected chi connectivity index (χ2v) is 5.53. The number of carboxylic acid groups (broad SMARTS) is 1. The van der Waals surface area contributed by atoms with Crippen molar-refractivity contribution < 1.29 is 18.9 Å². The summed E-state index contributed by atoms with van der Waals surface area (Å²) in [7, 11) is -0.886. The molecule has 6 nitrogen and oxygen atoms in total. The summed E-state index contributed by atoms with van der Waals surface area (Å²) in [6.45, 7) is 3.93. The number of rotatable bonds is 8. The monoisotopic (exact) mass is 264 g/mol. The zero-order valence-corrected chi connectivity index (χ0v) is 11.0. The fourth-order valence-electron chi connectivity index (χ4n) is 1.11. The largest absolute Gasteiger partial charge is 0.481 e. The molecule has 3 N–H and O–H groups in total. The van der Waals surface area contributed by atoms with Crippen LogP contribution >= 0.6 is 0 Å². The molecule has 0 aromatic heterocycles. The van der Waals surface area contributed by atoms with Crippen LogP contribution in [0.1, 0.15) is 26.7 Å². The highest BCUT2D eigenvalue weighted by Crippen LogP contribution is 1.95. The Bertz CT molecular complexity index is 283. The Kier molecular flexibility index (Phi) is 8.39. The molecule has 2 atom stereocenters. The number of carbonyl (C=O) groups is 2. The first-order valence-electron chi connectivity index (χ1n) is 5.56. The third-order valence-corrected chi connectivity index (χ3v) is 3.41. The van der Waals surface area contributed by atoms with Gasteiger partial charge in [-0.3, -0.25) is 9.00 Å². The second-order valence-electron chi connectivity index (χ2n) is 3.67. The number of aliphatic carboxylic acids is 1. The van der Waals surface area contributed by atoms with E-state index >= 15 is 0 Å². The van der Waals surface area contributed by atoms with Crippen LogP contribution in [0.5, 0.6) is 0 Å². The van der Waals surface area contributed by atoms with E-state index in [9.17, 15) is 13.8 Å². The van der Waals surface area contributed by atoms with Gasteiger partial charge in [0.05, 0.1) is 0 Å². The molecule has 0 saturated carbocycles. The van der Waals surface area contributed by atoms with E-state index < -0.39 is 16.8 Å². The fourth-order valence-corrected chi connectivity index (χ4v) is 1.73. The molecule has 0 heterocycles. The molecular formula is C10H20N2O4S. The first kappa shape index (κ1) is 15.9. The van der Waals surface area contributed by atoms with Crippen LogP contribution in [0.3, 0.4) is 0 Å². The molecule has 0 radical (unpaired) electrons. The van der Waals surface area contributed by atoms with E-state index in [1.165, 1.54) is 0 Å². The predicted molar refractivity (Wildman–Crippen MR) is 66.4 cm³/mol. The minimum atomic E-state index is -0.886. The Balaban J connectivity index is 3.63.